The molecule has 7 nitrogen and oxygen atoms in total. The molecule has 2 aromatic rings. The summed E-state index contributed by atoms with van der Waals surface area (Å²) >= 11 is 0. The third kappa shape index (κ3) is 4.02. The van der Waals surface area contributed by atoms with Crippen molar-refractivity contribution in [2.24, 2.45) is 5.92 Å². The predicted octanol–water partition coefficient (Wildman–Crippen LogP) is 3.03. The zero-order chi connectivity index (χ0) is 20.7. The third-order valence-corrected chi connectivity index (χ3v) is 6.27. The van der Waals surface area contributed by atoms with Gasteiger partial charge in [0, 0.05) is 19.1 Å². The molecule has 0 bridgehead atoms. The number of hydrogen-bond donors (Lipinski definition) is 0. The summed E-state index contributed by atoms with van der Waals surface area (Å²) in [5, 5.41) is 0. The second-order valence-corrected chi connectivity index (χ2v) is 8.18. The standard InChI is InChI=1S/C23H25N3O4.H2S/c1-15(19-8-9-20-21(24-19)30-12-11-29-20)25-10-4-5-16(13-25)14-26-22(27)17-6-2-3-7-18(17)23(26)28;/h2-3,6-9,15-16H,4-5,10-14H2,1H3;1H2/t15?,16-;/m0./s1. The van der Waals surface area contributed by atoms with E-state index in [4.69, 9.17) is 9.47 Å². The van der Waals surface area contributed by atoms with E-state index >= 15 is 0 Å². The number of imide groups is 1. The molecule has 1 aromatic heterocycles. The van der Waals surface area contributed by atoms with Gasteiger partial charge >= 0.3 is 0 Å². The first-order valence-electron chi connectivity index (χ1n) is 10.6. The van der Waals surface area contributed by atoms with E-state index in [-0.39, 0.29) is 37.3 Å². The number of pyridine rings is 1. The zero-order valence-corrected chi connectivity index (χ0v) is 18.5. The van der Waals surface area contributed by atoms with E-state index in [2.05, 4.69) is 16.8 Å². The molecular weight excluding hydrogens is 414 g/mol. The summed E-state index contributed by atoms with van der Waals surface area (Å²) in [5.41, 5.74) is 1.98. The third-order valence-electron chi connectivity index (χ3n) is 6.27. The van der Waals surface area contributed by atoms with Gasteiger partial charge in [-0.05, 0) is 56.5 Å². The number of rotatable bonds is 4. The highest BCUT2D eigenvalue weighted by atomic mass is 32.1. The van der Waals surface area contributed by atoms with Crippen LogP contribution in [0.25, 0.3) is 0 Å². The molecule has 0 N–H and O–H groups in total. The summed E-state index contributed by atoms with van der Waals surface area (Å²) < 4.78 is 11.2. The van der Waals surface area contributed by atoms with Gasteiger partial charge in [-0.3, -0.25) is 19.4 Å². The number of carbonyl (C=O) groups is 2. The Morgan fingerprint density at radius 1 is 1.06 bits per heavy atom. The Morgan fingerprint density at radius 3 is 2.52 bits per heavy atom. The van der Waals surface area contributed by atoms with E-state index in [0.29, 0.717) is 42.5 Å². The number of piperidine rings is 1. The van der Waals surface area contributed by atoms with Gasteiger partial charge in [-0.2, -0.15) is 13.5 Å². The van der Waals surface area contributed by atoms with Crippen molar-refractivity contribution in [3.63, 3.8) is 0 Å². The van der Waals surface area contributed by atoms with Crippen LogP contribution in [0.3, 0.4) is 0 Å². The Labute approximate surface area is 188 Å². The number of amides is 2. The van der Waals surface area contributed by atoms with Gasteiger partial charge in [0.25, 0.3) is 17.7 Å². The van der Waals surface area contributed by atoms with E-state index in [1.54, 1.807) is 24.3 Å². The highest BCUT2D eigenvalue weighted by Crippen LogP contribution is 2.33. The Kier molecular flexibility index (Phi) is 6.20. The van der Waals surface area contributed by atoms with Crippen molar-refractivity contribution in [1.82, 2.24) is 14.8 Å². The quantitative estimate of drug-likeness (QED) is 0.679. The summed E-state index contributed by atoms with van der Waals surface area (Å²) in [4.78, 5) is 33.9. The van der Waals surface area contributed by atoms with E-state index in [1.807, 2.05) is 12.1 Å². The lowest BCUT2D eigenvalue weighted by Crippen LogP contribution is -2.43. The van der Waals surface area contributed by atoms with Gasteiger partial charge < -0.3 is 9.47 Å². The molecule has 3 aliphatic rings. The first kappa shape index (κ1) is 21.6. The molecule has 1 saturated heterocycles. The normalized spacial score (nSPS) is 21.5. The van der Waals surface area contributed by atoms with Crippen molar-refractivity contribution in [2.75, 3.05) is 32.8 Å². The monoisotopic (exact) mass is 441 g/mol. The highest BCUT2D eigenvalue weighted by Gasteiger charge is 2.37. The van der Waals surface area contributed by atoms with Crippen LogP contribution in [0.4, 0.5) is 0 Å². The molecule has 2 atom stereocenters. The van der Waals surface area contributed by atoms with Crippen LogP contribution < -0.4 is 9.47 Å². The molecule has 4 heterocycles. The van der Waals surface area contributed by atoms with Crippen molar-refractivity contribution in [3.05, 3.63) is 53.2 Å². The van der Waals surface area contributed by atoms with E-state index < -0.39 is 0 Å². The van der Waals surface area contributed by atoms with Crippen LogP contribution in [-0.2, 0) is 0 Å². The molecule has 3 aliphatic heterocycles. The maximum absolute atomic E-state index is 12.7. The number of carbonyl (C=O) groups excluding carboxylic acids is 2. The number of likely N-dealkylation sites (tertiary alicyclic amines) is 1. The average Bonchev–Trinajstić information content (AvgIpc) is 3.03. The summed E-state index contributed by atoms with van der Waals surface area (Å²) in [6.07, 6.45) is 2.04. The maximum Gasteiger partial charge on any atom is 0.261 e. The Morgan fingerprint density at radius 2 is 1.77 bits per heavy atom. The lowest BCUT2D eigenvalue weighted by atomic mass is 9.95. The van der Waals surface area contributed by atoms with Crippen molar-refractivity contribution in [3.8, 4) is 11.6 Å². The first-order valence-corrected chi connectivity index (χ1v) is 10.6. The largest absolute Gasteiger partial charge is 0.484 e. The second-order valence-electron chi connectivity index (χ2n) is 8.18. The molecule has 8 heteroatoms. The minimum atomic E-state index is -0.172. The van der Waals surface area contributed by atoms with Crippen LogP contribution in [0.5, 0.6) is 11.6 Å². The number of benzene rings is 1. The van der Waals surface area contributed by atoms with Crippen LogP contribution in [0, 0.1) is 5.92 Å². The molecule has 0 saturated carbocycles. The fourth-order valence-electron chi connectivity index (χ4n) is 4.63. The molecule has 0 aliphatic carbocycles. The number of aromatic nitrogens is 1. The second kappa shape index (κ2) is 8.88. The number of nitrogens with zero attached hydrogens (tertiary/aromatic N) is 3. The smallest absolute Gasteiger partial charge is 0.261 e. The van der Waals surface area contributed by atoms with Gasteiger partial charge in [0.15, 0.2) is 5.75 Å². The van der Waals surface area contributed by atoms with E-state index in [0.717, 1.165) is 31.6 Å². The minimum Gasteiger partial charge on any atom is -0.484 e. The molecule has 1 unspecified atom stereocenters. The van der Waals surface area contributed by atoms with Crippen LogP contribution in [-0.4, -0.2) is 59.4 Å². The summed E-state index contributed by atoms with van der Waals surface area (Å²) in [5.74, 6) is 1.16. The van der Waals surface area contributed by atoms with Crippen molar-refractivity contribution < 1.29 is 19.1 Å². The molecule has 31 heavy (non-hydrogen) atoms. The molecule has 1 aromatic carbocycles. The topological polar surface area (TPSA) is 72.0 Å². The van der Waals surface area contributed by atoms with Crippen LogP contribution in [0.1, 0.15) is 52.2 Å². The summed E-state index contributed by atoms with van der Waals surface area (Å²) in [6.45, 7) is 5.46. The number of hydrogen-bond acceptors (Lipinski definition) is 6. The predicted molar refractivity (Wildman–Crippen MR) is 120 cm³/mol. The van der Waals surface area contributed by atoms with Crippen molar-refractivity contribution in [1.29, 1.82) is 0 Å². The van der Waals surface area contributed by atoms with E-state index in [1.165, 1.54) is 4.90 Å². The van der Waals surface area contributed by atoms with Gasteiger partial charge in [0.2, 0.25) is 0 Å². The van der Waals surface area contributed by atoms with Crippen molar-refractivity contribution >= 4 is 25.3 Å². The highest BCUT2D eigenvalue weighted by molar-refractivity contribution is 7.59. The molecule has 0 radical (unpaired) electrons. The van der Waals surface area contributed by atoms with Crippen LogP contribution in [0.2, 0.25) is 0 Å². The lowest BCUT2D eigenvalue weighted by Gasteiger charge is -2.37. The SMILES string of the molecule is CC(c1ccc2c(n1)OCCO2)N1CCC[C@H](CN2C(=O)c3ccccc3C2=O)C1.S. The average molecular weight is 442 g/mol. The Bertz CT molecular complexity index is 964. The lowest BCUT2D eigenvalue weighted by molar-refractivity contribution is 0.0565. The molecule has 164 valence electrons. The molecule has 5 rings (SSSR count). The number of fused-ring (bicyclic) bond motifs is 2. The maximum atomic E-state index is 12.7. The van der Waals surface area contributed by atoms with Gasteiger partial charge in [0.05, 0.1) is 16.8 Å². The summed E-state index contributed by atoms with van der Waals surface area (Å²) in [7, 11) is 0. The van der Waals surface area contributed by atoms with Gasteiger partial charge in [-0.15, -0.1) is 0 Å². The molecule has 0 spiro atoms. The molecule has 2 amide bonds. The molecular formula is C23H27N3O4S. The molecule has 1 fully saturated rings. The summed E-state index contributed by atoms with van der Waals surface area (Å²) in [6, 6.07) is 11.1. The minimum absolute atomic E-state index is 0. The van der Waals surface area contributed by atoms with Gasteiger partial charge in [0.1, 0.15) is 13.2 Å². The van der Waals surface area contributed by atoms with Crippen LogP contribution in [0.15, 0.2) is 36.4 Å². The first-order chi connectivity index (χ1) is 14.6. The van der Waals surface area contributed by atoms with E-state index in [9.17, 15) is 9.59 Å². The Hall–Kier alpha value is -2.58. The number of ether oxygens (including phenoxy) is 2. The zero-order valence-electron chi connectivity index (χ0n) is 17.5. The van der Waals surface area contributed by atoms with Crippen molar-refractivity contribution in [2.45, 2.75) is 25.8 Å². The fourth-order valence-corrected chi connectivity index (χ4v) is 4.63. The Balaban J connectivity index is 0.00000231. The van der Waals surface area contributed by atoms with Gasteiger partial charge in [-0.25, -0.2) is 4.98 Å². The van der Waals surface area contributed by atoms with Gasteiger partial charge in [-0.1, -0.05) is 12.1 Å². The van der Waals surface area contributed by atoms with Crippen LogP contribution >= 0.6 is 13.5 Å². The fraction of sp³-hybridized carbons (Fsp3) is 0.435.